The highest BCUT2D eigenvalue weighted by molar-refractivity contribution is 6.30. The number of ketones is 1. The van der Waals surface area contributed by atoms with Crippen LogP contribution >= 0.6 is 11.6 Å². The largest absolute Gasteiger partial charge is 0.393 e. The quantitative estimate of drug-likeness (QED) is 0.389. The molecule has 0 unspecified atom stereocenters. The standard InChI is InChI=1S/C26H24ClN5O3/c27-18-3-1-16(2-4-18)11-24(34)31-23-12-17(9-10-29-23)25(35)22-14-32(19-5-7-20(33)8-6-19)26-21(22)13-28-15-30-26/h1-4,9-10,12-15,19-20,33H,5-8,11H2,(H,29,31,34)/t19-,20+. The van der Waals surface area contributed by atoms with Crippen molar-refractivity contribution in [2.45, 2.75) is 44.2 Å². The van der Waals surface area contributed by atoms with Gasteiger partial charge in [0.15, 0.2) is 5.78 Å². The number of hydrogen-bond acceptors (Lipinski definition) is 6. The Morgan fingerprint density at radius 3 is 2.63 bits per heavy atom. The van der Waals surface area contributed by atoms with Gasteiger partial charge in [0.1, 0.15) is 17.8 Å². The normalized spacial score (nSPS) is 17.9. The molecular weight excluding hydrogens is 466 g/mol. The van der Waals surface area contributed by atoms with Crippen molar-refractivity contribution < 1.29 is 14.7 Å². The third-order valence-electron chi connectivity index (χ3n) is 6.37. The predicted octanol–water partition coefficient (Wildman–Crippen LogP) is 4.37. The van der Waals surface area contributed by atoms with Gasteiger partial charge < -0.3 is 15.0 Å². The van der Waals surface area contributed by atoms with Gasteiger partial charge in [-0.05, 0) is 55.5 Å². The Bertz CT molecular complexity index is 1380. The van der Waals surface area contributed by atoms with E-state index < -0.39 is 0 Å². The minimum absolute atomic E-state index is 0.164. The van der Waals surface area contributed by atoms with Gasteiger partial charge in [-0.3, -0.25) is 9.59 Å². The highest BCUT2D eigenvalue weighted by Crippen LogP contribution is 2.33. The Labute approximate surface area is 207 Å². The van der Waals surface area contributed by atoms with Crippen molar-refractivity contribution in [1.82, 2.24) is 19.5 Å². The van der Waals surface area contributed by atoms with Crippen LogP contribution in [0.15, 0.2) is 61.3 Å². The summed E-state index contributed by atoms with van der Waals surface area (Å²) in [7, 11) is 0. The Balaban J connectivity index is 1.38. The van der Waals surface area contributed by atoms with Crippen LogP contribution in [-0.4, -0.2) is 42.4 Å². The number of carbonyl (C=O) groups excluding carboxylic acids is 2. The van der Waals surface area contributed by atoms with E-state index in [1.165, 1.54) is 12.5 Å². The minimum atomic E-state index is -0.269. The fraction of sp³-hybridized carbons (Fsp3) is 0.269. The number of nitrogens with one attached hydrogen (secondary N) is 1. The number of benzene rings is 1. The lowest BCUT2D eigenvalue weighted by Crippen LogP contribution is -2.20. The summed E-state index contributed by atoms with van der Waals surface area (Å²) in [6, 6.07) is 10.4. The number of pyridine rings is 1. The molecule has 1 fully saturated rings. The lowest BCUT2D eigenvalue weighted by molar-refractivity contribution is -0.115. The summed E-state index contributed by atoms with van der Waals surface area (Å²) in [4.78, 5) is 38.8. The van der Waals surface area contributed by atoms with Crippen LogP contribution in [0.1, 0.15) is 53.2 Å². The maximum atomic E-state index is 13.5. The predicted molar refractivity (Wildman–Crippen MR) is 132 cm³/mol. The fourth-order valence-corrected chi connectivity index (χ4v) is 4.68. The first-order valence-electron chi connectivity index (χ1n) is 11.5. The van der Waals surface area contributed by atoms with Crippen molar-refractivity contribution in [1.29, 1.82) is 0 Å². The molecule has 1 saturated carbocycles. The fourth-order valence-electron chi connectivity index (χ4n) is 4.55. The Kier molecular flexibility index (Phi) is 6.57. The molecule has 9 heteroatoms. The van der Waals surface area contributed by atoms with Crippen molar-refractivity contribution in [3.05, 3.63) is 83.0 Å². The molecule has 1 aliphatic carbocycles. The Hall–Kier alpha value is -3.62. The molecule has 0 bridgehead atoms. The number of rotatable bonds is 6. The van der Waals surface area contributed by atoms with Gasteiger partial charge in [0.05, 0.1) is 18.1 Å². The average molecular weight is 490 g/mol. The highest BCUT2D eigenvalue weighted by Gasteiger charge is 2.25. The second-order valence-corrected chi connectivity index (χ2v) is 9.22. The third-order valence-corrected chi connectivity index (χ3v) is 6.62. The van der Waals surface area contributed by atoms with Gasteiger partial charge in [-0.1, -0.05) is 23.7 Å². The second kappa shape index (κ2) is 9.93. The van der Waals surface area contributed by atoms with E-state index in [-0.39, 0.29) is 30.3 Å². The molecule has 8 nitrogen and oxygen atoms in total. The van der Waals surface area contributed by atoms with Crippen LogP contribution in [0.2, 0.25) is 5.02 Å². The lowest BCUT2D eigenvalue weighted by atomic mass is 9.93. The Morgan fingerprint density at radius 2 is 1.86 bits per heavy atom. The molecule has 5 rings (SSSR count). The molecule has 0 atom stereocenters. The zero-order valence-electron chi connectivity index (χ0n) is 18.9. The third kappa shape index (κ3) is 5.08. The molecule has 1 aromatic carbocycles. The molecule has 35 heavy (non-hydrogen) atoms. The topological polar surface area (TPSA) is 110 Å². The summed E-state index contributed by atoms with van der Waals surface area (Å²) in [5.74, 6) is -0.139. The molecule has 0 aliphatic heterocycles. The van der Waals surface area contributed by atoms with E-state index in [0.29, 0.717) is 33.0 Å². The summed E-state index contributed by atoms with van der Waals surface area (Å²) in [6.45, 7) is 0. The van der Waals surface area contributed by atoms with Crippen LogP contribution in [0.25, 0.3) is 11.0 Å². The number of carbonyl (C=O) groups is 2. The van der Waals surface area contributed by atoms with Crippen molar-refractivity contribution >= 4 is 40.1 Å². The van der Waals surface area contributed by atoms with Crippen LogP contribution in [-0.2, 0) is 11.2 Å². The van der Waals surface area contributed by atoms with Gasteiger partial charge in [-0.25, -0.2) is 15.0 Å². The van der Waals surface area contributed by atoms with Crippen LogP contribution in [0.3, 0.4) is 0 Å². The van der Waals surface area contributed by atoms with Crippen molar-refractivity contribution in [2.24, 2.45) is 0 Å². The molecular formula is C26H24ClN5O3. The molecule has 1 amide bonds. The maximum absolute atomic E-state index is 13.5. The Morgan fingerprint density at radius 1 is 1.09 bits per heavy atom. The number of anilines is 1. The van der Waals surface area contributed by atoms with Crippen LogP contribution in [0.4, 0.5) is 5.82 Å². The molecule has 2 N–H and O–H groups in total. The van der Waals surface area contributed by atoms with Gasteiger partial charge in [-0.15, -0.1) is 0 Å². The number of hydrogen-bond donors (Lipinski definition) is 2. The van der Waals surface area contributed by atoms with E-state index in [1.54, 1.807) is 42.6 Å². The zero-order chi connectivity index (χ0) is 24.4. The molecule has 0 spiro atoms. The van der Waals surface area contributed by atoms with Crippen LogP contribution in [0.5, 0.6) is 0 Å². The van der Waals surface area contributed by atoms with E-state index >= 15 is 0 Å². The lowest BCUT2D eigenvalue weighted by Gasteiger charge is -2.26. The number of aromatic nitrogens is 4. The summed E-state index contributed by atoms with van der Waals surface area (Å²) >= 11 is 5.90. The van der Waals surface area contributed by atoms with Crippen molar-refractivity contribution in [3.63, 3.8) is 0 Å². The molecule has 0 radical (unpaired) electrons. The molecule has 3 heterocycles. The van der Waals surface area contributed by atoms with Gasteiger partial charge in [0.2, 0.25) is 5.91 Å². The number of nitrogens with zero attached hydrogens (tertiary/aromatic N) is 4. The average Bonchev–Trinajstić information content (AvgIpc) is 3.25. The van der Waals surface area contributed by atoms with Gasteiger partial charge in [-0.2, -0.15) is 0 Å². The summed E-state index contributed by atoms with van der Waals surface area (Å²) < 4.78 is 2.03. The summed E-state index contributed by atoms with van der Waals surface area (Å²) in [6.07, 6.45) is 9.46. The summed E-state index contributed by atoms with van der Waals surface area (Å²) in [5.41, 5.74) is 2.43. The first-order valence-corrected chi connectivity index (χ1v) is 11.9. The van der Waals surface area contributed by atoms with Gasteiger partial charge >= 0.3 is 0 Å². The number of halogens is 1. The first-order chi connectivity index (χ1) is 17.0. The van der Waals surface area contributed by atoms with E-state index in [2.05, 4.69) is 20.3 Å². The monoisotopic (exact) mass is 489 g/mol. The minimum Gasteiger partial charge on any atom is -0.393 e. The van der Waals surface area contributed by atoms with Gasteiger partial charge in [0, 0.05) is 40.6 Å². The SMILES string of the molecule is O=C(Cc1ccc(Cl)cc1)Nc1cc(C(=O)c2cn([C@H]3CC[C@@H](O)CC3)c3ncncc23)ccn1. The van der Waals surface area contributed by atoms with Crippen molar-refractivity contribution in [2.75, 3.05) is 5.32 Å². The van der Waals surface area contributed by atoms with Gasteiger partial charge in [0.25, 0.3) is 0 Å². The van der Waals surface area contributed by atoms with E-state index in [1.807, 2.05) is 10.8 Å². The first kappa shape index (κ1) is 23.1. The van der Waals surface area contributed by atoms with E-state index in [4.69, 9.17) is 11.6 Å². The maximum Gasteiger partial charge on any atom is 0.229 e. The number of aliphatic hydroxyl groups excluding tert-OH is 1. The number of amides is 1. The summed E-state index contributed by atoms with van der Waals surface area (Å²) in [5, 5.41) is 13.9. The molecule has 178 valence electrons. The van der Waals surface area contributed by atoms with E-state index in [0.717, 1.165) is 31.2 Å². The highest BCUT2D eigenvalue weighted by atomic mass is 35.5. The molecule has 3 aromatic heterocycles. The van der Waals surface area contributed by atoms with E-state index in [9.17, 15) is 14.7 Å². The van der Waals surface area contributed by atoms with Crippen LogP contribution < -0.4 is 5.32 Å². The smallest absolute Gasteiger partial charge is 0.229 e. The molecule has 1 aliphatic rings. The number of fused-ring (bicyclic) bond motifs is 1. The van der Waals surface area contributed by atoms with Crippen LogP contribution in [0, 0.1) is 0 Å². The van der Waals surface area contributed by atoms with Crippen molar-refractivity contribution in [3.8, 4) is 0 Å². The molecule has 4 aromatic rings. The zero-order valence-corrected chi connectivity index (χ0v) is 19.7. The second-order valence-electron chi connectivity index (χ2n) is 8.78. The number of aliphatic hydroxyl groups is 1. The molecule has 0 saturated heterocycles.